The highest BCUT2D eigenvalue weighted by Crippen LogP contribution is 2.51. The van der Waals surface area contributed by atoms with Gasteiger partial charge in [-0.15, -0.1) is 0 Å². The molecule has 0 radical (unpaired) electrons. The van der Waals surface area contributed by atoms with Crippen molar-refractivity contribution in [2.45, 2.75) is 5.92 Å². The molecule has 7 heteroatoms. The van der Waals surface area contributed by atoms with Gasteiger partial charge in [0.25, 0.3) is 0 Å². The predicted molar refractivity (Wildman–Crippen MR) is 91.3 cm³/mol. The van der Waals surface area contributed by atoms with E-state index in [-0.39, 0.29) is 18.3 Å². The molecule has 2 aromatic rings. The number of Topliss-reactive ketones (excluding diaryl/α,β-unsaturated/α-hetero) is 1. The van der Waals surface area contributed by atoms with Gasteiger partial charge in [-0.3, -0.25) is 4.79 Å². The van der Waals surface area contributed by atoms with Gasteiger partial charge in [-0.1, -0.05) is 0 Å². The summed E-state index contributed by atoms with van der Waals surface area (Å²) in [5.41, 5.74) is 0.743. The number of rotatable bonds is 6. The van der Waals surface area contributed by atoms with Crippen LogP contribution >= 0.6 is 0 Å². The van der Waals surface area contributed by atoms with E-state index in [1.54, 1.807) is 37.4 Å². The molecular formula is C19H17NO6. The summed E-state index contributed by atoms with van der Waals surface area (Å²) in [5.74, 6) is 0.530. The van der Waals surface area contributed by atoms with Crippen LogP contribution in [0.15, 0.2) is 30.3 Å². The van der Waals surface area contributed by atoms with Crippen LogP contribution in [0.1, 0.15) is 21.8 Å². The van der Waals surface area contributed by atoms with Crippen molar-refractivity contribution in [2.75, 3.05) is 28.1 Å². The van der Waals surface area contributed by atoms with E-state index >= 15 is 0 Å². The molecule has 0 saturated carbocycles. The summed E-state index contributed by atoms with van der Waals surface area (Å²) in [4.78, 5) is 12.9. The lowest BCUT2D eigenvalue weighted by Crippen LogP contribution is -2.13. The Morgan fingerprint density at radius 2 is 1.77 bits per heavy atom. The van der Waals surface area contributed by atoms with Crippen LogP contribution in [-0.2, 0) is 0 Å². The maximum atomic E-state index is 12.9. The fourth-order valence-corrected chi connectivity index (χ4v) is 2.80. The second-order valence-electron chi connectivity index (χ2n) is 5.42. The fourth-order valence-electron chi connectivity index (χ4n) is 2.80. The number of nitrogens with zero attached hydrogens (tertiary/aromatic N) is 1. The third kappa shape index (κ3) is 2.86. The van der Waals surface area contributed by atoms with Gasteiger partial charge in [0.1, 0.15) is 11.7 Å². The number of ketones is 1. The molecule has 1 atom stereocenters. The highest BCUT2D eigenvalue weighted by molar-refractivity contribution is 6.03. The predicted octanol–water partition coefficient (Wildman–Crippen LogP) is 2.93. The van der Waals surface area contributed by atoms with Gasteiger partial charge in [-0.05, 0) is 30.3 Å². The molecule has 0 spiro atoms. The van der Waals surface area contributed by atoms with Crippen LogP contribution in [0, 0.1) is 11.3 Å². The molecule has 0 N–H and O–H groups in total. The van der Waals surface area contributed by atoms with Gasteiger partial charge in [-0.25, -0.2) is 0 Å². The first-order chi connectivity index (χ1) is 12.6. The Bertz CT molecular complexity index is 869. The number of hydrogen-bond acceptors (Lipinski definition) is 7. The van der Waals surface area contributed by atoms with Gasteiger partial charge in [0.05, 0.1) is 27.4 Å². The minimum absolute atomic E-state index is 0.00908. The molecule has 1 unspecified atom stereocenters. The molecule has 2 aromatic carbocycles. The van der Waals surface area contributed by atoms with Crippen LogP contribution in [0.4, 0.5) is 0 Å². The number of carbonyl (C=O) groups is 1. The second-order valence-corrected chi connectivity index (χ2v) is 5.42. The number of methoxy groups -OCH3 is 3. The Kier molecular flexibility index (Phi) is 4.85. The molecule has 0 aliphatic carbocycles. The van der Waals surface area contributed by atoms with Gasteiger partial charge in [0.15, 0.2) is 17.3 Å². The summed E-state index contributed by atoms with van der Waals surface area (Å²) in [6.07, 6.45) is 0. The Hall–Kier alpha value is -3.40. The van der Waals surface area contributed by atoms with Gasteiger partial charge in [0.2, 0.25) is 18.3 Å². The topological polar surface area (TPSA) is 87.0 Å². The van der Waals surface area contributed by atoms with Crippen molar-refractivity contribution in [1.29, 1.82) is 5.26 Å². The summed E-state index contributed by atoms with van der Waals surface area (Å²) in [7, 11) is 4.46. The Morgan fingerprint density at radius 3 is 2.35 bits per heavy atom. The lowest BCUT2D eigenvalue weighted by Gasteiger charge is -2.17. The third-order valence-electron chi connectivity index (χ3n) is 4.09. The number of ether oxygens (including phenoxy) is 5. The van der Waals surface area contributed by atoms with E-state index in [0.717, 1.165) is 0 Å². The summed E-state index contributed by atoms with van der Waals surface area (Å²) < 4.78 is 26.7. The van der Waals surface area contributed by atoms with Crippen molar-refractivity contribution in [3.8, 4) is 34.8 Å². The molecular weight excluding hydrogens is 338 g/mol. The van der Waals surface area contributed by atoms with E-state index in [2.05, 4.69) is 0 Å². The van der Waals surface area contributed by atoms with Crippen molar-refractivity contribution in [1.82, 2.24) is 0 Å². The number of carbonyl (C=O) groups excluding carboxylic acids is 1. The van der Waals surface area contributed by atoms with Crippen LogP contribution in [0.2, 0.25) is 0 Å². The van der Waals surface area contributed by atoms with Crippen LogP contribution in [0.5, 0.6) is 28.7 Å². The van der Waals surface area contributed by atoms with Crippen molar-refractivity contribution in [3.05, 3.63) is 41.5 Å². The minimum Gasteiger partial charge on any atom is -0.497 e. The highest BCUT2D eigenvalue weighted by Gasteiger charge is 2.33. The first-order valence-corrected chi connectivity index (χ1v) is 7.77. The zero-order valence-corrected chi connectivity index (χ0v) is 14.6. The van der Waals surface area contributed by atoms with E-state index in [9.17, 15) is 10.1 Å². The monoisotopic (exact) mass is 355 g/mol. The first-order valence-electron chi connectivity index (χ1n) is 7.77. The largest absolute Gasteiger partial charge is 0.497 e. The van der Waals surface area contributed by atoms with Crippen LogP contribution in [0.3, 0.4) is 0 Å². The molecule has 0 amide bonds. The van der Waals surface area contributed by atoms with E-state index in [1.807, 2.05) is 6.07 Å². The maximum Gasteiger partial charge on any atom is 0.231 e. The molecule has 1 heterocycles. The van der Waals surface area contributed by atoms with E-state index in [1.165, 1.54) is 14.2 Å². The Balaban J connectivity index is 2.07. The van der Waals surface area contributed by atoms with E-state index in [0.29, 0.717) is 34.1 Å². The smallest absolute Gasteiger partial charge is 0.231 e. The lowest BCUT2D eigenvalue weighted by molar-refractivity contribution is 0.0977. The lowest BCUT2D eigenvalue weighted by atomic mass is 9.90. The molecule has 7 nitrogen and oxygen atoms in total. The normalized spacial score (nSPS) is 12.8. The molecule has 0 saturated heterocycles. The molecule has 1 aliphatic heterocycles. The average molecular weight is 355 g/mol. The summed E-state index contributed by atoms with van der Waals surface area (Å²) >= 11 is 0. The first kappa shape index (κ1) is 17.4. The van der Waals surface area contributed by atoms with Crippen LogP contribution in [-0.4, -0.2) is 33.9 Å². The second kappa shape index (κ2) is 7.23. The molecule has 0 bridgehead atoms. The van der Waals surface area contributed by atoms with Gasteiger partial charge < -0.3 is 23.7 Å². The van der Waals surface area contributed by atoms with E-state index in [4.69, 9.17) is 23.7 Å². The quantitative estimate of drug-likeness (QED) is 0.736. The highest BCUT2D eigenvalue weighted by atomic mass is 16.7. The number of fused-ring (bicyclic) bond motifs is 1. The number of benzene rings is 2. The maximum absolute atomic E-state index is 12.9. The van der Waals surface area contributed by atoms with Crippen molar-refractivity contribution < 1.29 is 28.5 Å². The van der Waals surface area contributed by atoms with Gasteiger partial charge in [0, 0.05) is 11.1 Å². The molecule has 1 aliphatic rings. The SMILES string of the molecule is COc1ccc(C(=O)C(C#N)c2cc(OC)c3c(c2OC)OCO3)cc1. The number of nitriles is 1. The fraction of sp³-hybridized carbons (Fsp3) is 0.263. The molecule has 26 heavy (non-hydrogen) atoms. The van der Waals surface area contributed by atoms with Gasteiger partial charge in [-0.2, -0.15) is 5.26 Å². The third-order valence-corrected chi connectivity index (χ3v) is 4.09. The van der Waals surface area contributed by atoms with Crippen molar-refractivity contribution >= 4 is 5.78 Å². The standard InChI is InChI=1S/C19H17NO6/c1-22-12-6-4-11(5-7-12)16(21)14(9-20)13-8-15(23-2)18-19(17(13)24-3)26-10-25-18/h4-8,14H,10H2,1-3H3. The number of hydrogen-bond donors (Lipinski definition) is 0. The average Bonchev–Trinajstić information content (AvgIpc) is 3.17. The zero-order valence-electron chi connectivity index (χ0n) is 14.6. The van der Waals surface area contributed by atoms with Crippen LogP contribution in [0.25, 0.3) is 0 Å². The van der Waals surface area contributed by atoms with Crippen molar-refractivity contribution in [3.63, 3.8) is 0 Å². The Morgan fingerprint density at radius 1 is 1.08 bits per heavy atom. The summed E-state index contributed by atoms with van der Waals surface area (Å²) in [6.45, 7) is 0.00908. The molecule has 134 valence electrons. The minimum atomic E-state index is -1.10. The molecule has 3 rings (SSSR count). The molecule has 0 fully saturated rings. The van der Waals surface area contributed by atoms with E-state index < -0.39 is 5.92 Å². The summed E-state index contributed by atoms with van der Waals surface area (Å²) in [6, 6.07) is 10.2. The van der Waals surface area contributed by atoms with Gasteiger partial charge >= 0.3 is 0 Å². The van der Waals surface area contributed by atoms with Crippen LogP contribution < -0.4 is 23.7 Å². The summed E-state index contributed by atoms with van der Waals surface area (Å²) in [5, 5.41) is 9.68. The zero-order chi connectivity index (χ0) is 18.7. The Labute approximate surface area is 150 Å². The molecule has 0 aromatic heterocycles. The van der Waals surface area contributed by atoms with Crippen molar-refractivity contribution in [2.24, 2.45) is 0 Å².